The van der Waals surface area contributed by atoms with Gasteiger partial charge in [0.2, 0.25) is 5.88 Å². The molecule has 1 aromatic carbocycles. The second-order valence-corrected chi connectivity index (χ2v) is 6.91. The number of rotatable bonds is 4. The molecule has 0 fully saturated rings. The first-order valence-electron chi connectivity index (χ1n) is 8.09. The molecule has 0 saturated carbocycles. The average Bonchev–Trinajstić information content (AvgIpc) is 2.98. The summed E-state index contributed by atoms with van der Waals surface area (Å²) in [4.78, 5) is 26.3. The third-order valence-electron chi connectivity index (χ3n) is 3.85. The molecule has 1 aromatic heterocycles. The zero-order valence-electron chi connectivity index (χ0n) is 14.7. The molecule has 7 heteroatoms. The SMILES string of the molecule is CC(C)(C)C(=O)OC1=CCc2c(Oc3ccc([N+](=O)[O-])cn3)cccc21. The first kappa shape index (κ1) is 17.6. The summed E-state index contributed by atoms with van der Waals surface area (Å²) >= 11 is 0. The summed E-state index contributed by atoms with van der Waals surface area (Å²) in [6.45, 7) is 5.39. The van der Waals surface area contributed by atoms with E-state index in [1.807, 2.05) is 12.1 Å². The van der Waals surface area contributed by atoms with Gasteiger partial charge in [-0.05, 0) is 39.3 Å². The summed E-state index contributed by atoms with van der Waals surface area (Å²) in [6, 6.07) is 8.22. The van der Waals surface area contributed by atoms with Crippen molar-refractivity contribution in [2.24, 2.45) is 5.41 Å². The number of fused-ring (bicyclic) bond motifs is 1. The molecule has 1 aliphatic rings. The fraction of sp³-hybridized carbons (Fsp3) is 0.263. The molecule has 0 unspecified atom stereocenters. The van der Waals surface area contributed by atoms with Gasteiger partial charge in [-0.1, -0.05) is 12.1 Å². The molecule has 0 amide bonds. The minimum absolute atomic E-state index is 0.103. The van der Waals surface area contributed by atoms with E-state index in [2.05, 4.69) is 4.98 Å². The maximum Gasteiger partial charge on any atom is 0.316 e. The minimum Gasteiger partial charge on any atom is -0.439 e. The fourth-order valence-electron chi connectivity index (χ4n) is 2.41. The van der Waals surface area contributed by atoms with Crippen LogP contribution >= 0.6 is 0 Å². The Labute approximate surface area is 150 Å². The summed E-state index contributed by atoms with van der Waals surface area (Å²) in [7, 11) is 0. The van der Waals surface area contributed by atoms with Gasteiger partial charge in [0.05, 0.1) is 10.3 Å². The highest BCUT2D eigenvalue weighted by molar-refractivity contribution is 5.84. The second kappa shape index (κ2) is 6.59. The van der Waals surface area contributed by atoms with Crippen molar-refractivity contribution < 1.29 is 19.2 Å². The van der Waals surface area contributed by atoms with Crippen molar-refractivity contribution in [1.82, 2.24) is 4.98 Å². The molecule has 0 saturated heterocycles. The monoisotopic (exact) mass is 354 g/mol. The van der Waals surface area contributed by atoms with Crippen LogP contribution in [0.15, 0.2) is 42.6 Å². The lowest BCUT2D eigenvalue weighted by Gasteiger charge is -2.17. The lowest BCUT2D eigenvalue weighted by atomic mass is 9.97. The van der Waals surface area contributed by atoms with Crippen molar-refractivity contribution in [3.8, 4) is 11.6 Å². The summed E-state index contributed by atoms with van der Waals surface area (Å²) in [5.74, 6) is 1.04. The van der Waals surface area contributed by atoms with Crippen molar-refractivity contribution in [3.05, 3.63) is 63.8 Å². The molecular weight excluding hydrogens is 336 g/mol. The quantitative estimate of drug-likeness (QED) is 0.462. The van der Waals surface area contributed by atoms with E-state index < -0.39 is 10.3 Å². The molecule has 1 heterocycles. The van der Waals surface area contributed by atoms with Crippen molar-refractivity contribution in [2.75, 3.05) is 0 Å². The van der Waals surface area contributed by atoms with Crippen molar-refractivity contribution in [2.45, 2.75) is 27.2 Å². The van der Waals surface area contributed by atoms with Crippen molar-refractivity contribution in [1.29, 1.82) is 0 Å². The van der Waals surface area contributed by atoms with Gasteiger partial charge in [-0.15, -0.1) is 0 Å². The number of carbonyl (C=O) groups is 1. The van der Waals surface area contributed by atoms with Crippen LogP contribution in [0.5, 0.6) is 11.6 Å². The highest BCUT2D eigenvalue weighted by Gasteiger charge is 2.28. The number of hydrogen-bond acceptors (Lipinski definition) is 6. The maximum atomic E-state index is 12.1. The predicted octanol–water partition coefficient (Wildman–Crippen LogP) is 4.27. The van der Waals surface area contributed by atoms with Gasteiger partial charge in [0.1, 0.15) is 17.7 Å². The van der Waals surface area contributed by atoms with Gasteiger partial charge in [-0.2, -0.15) is 0 Å². The van der Waals surface area contributed by atoms with Crippen LogP contribution in [0.1, 0.15) is 31.9 Å². The van der Waals surface area contributed by atoms with Crippen LogP contribution in [0.25, 0.3) is 5.76 Å². The van der Waals surface area contributed by atoms with Crippen LogP contribution in [-0.4, -0.2) is 15.9 Å². The number of nitro groups is 1. The Kier molecular flexibility index (Phi) is 4.46. The number of hydrogen-bond donors (Lipinski definition) is 0. The molecule has 0 bridgehead atoms. The van der Waals surface area contributed by atoms with Crippen LogP contribution < -0.4 is 4.74 Å². The Morgan fingerprint density at radius 1 is 1.23 bits per heavy atom. The Morgan fingerprint density at radius 2 is 2.00 bits per heavy atom. The number of pyridine rings is 1. The average molecular weight is 354 g/mol. The first-order chi connectivity index (χ1) is 12.3. The lowest BCUT2D eigenvalue weighted by molar-refractivity contribution is -0.385. The smallest absolute Gasteiger partial charge is 0.316 e. The summed E-state index contributed by atoms with van der Waals surface area (Å²) in [6.07, 6.45) is 3.54. The van der Waals surface area contributed by atoms with E-state index in [0.717, 1.165) is 17.3 Å². The van der Waals surface area contributed by atoms with Crippen molar-refractivity contribution in [3.63, 3.8) is 0 Å². The molecule has 26 heavy (non-hydrogen) atoms. The first-order valence-corrected chi connectivity index (χ1v) is 8.09. The number of aromatic nitrogens is 1. The van der Waals surface area contributed by atoms with Crippen LogP contribution in [0.4, 0.5) is 5.69 Å². The van der Waals surface area contributed by atoms with Crippen LogP contribution in [0.3, 0.4) is 0 Å². The number of esters is 1. The standard InChI is InChI=1S/C19H18N2O5/c1-19(2,3)18(22)26-16-9-8-14-13(16)5-4-6-15(14)25-17-10-7-12(11-20-17)21(23)24/h4-7,9-11H,8H2,1-3H3. The Morgan fingerprint density at radius 3 is 2.62 bits per heavy atom. The highest BCUT2D eigenvalue weighted by Crippen LogP contribution is 2.37. The van der Waals surface area contributed by atoms with E-state index >= 15 is 0 Å². The number of benzene rings is 1. The zero-order valence-corrected chi connectivity index (χ0v) is 14.7. The van der Waals surface area contributed by atoms with E-state index in [0.29, 0.717) is 17.9 Å². The van der Waals surface area contributed by atoms with E-state index in [4.69, 9.17) is 9.47 Å². The van der Waals surface area contributed by atoms with Gasteiger partial charge in [0, 0.05) is 23.3 Å². The van der Waals surface area contributed by atoms with E-state index in [1.54, 1.807) is 32.9 Å². The van der Waals surface area contributed by atoms with Crippen LogP contribution in [-0.2, 0) is 16.0 Å². The summed E-state index contributed by atoms with van der Waals surface area (Å²) in [5.41, 5.74) is 0.973. The molecule has 0 N–H and O–H groups in total. The molecule has 0 radical (unpaired) electrons. The van der Waals surface area contributed by atoms with Crippen LogP contribution in [0, 0.1) is 15.5 Å². The number of nitrogens with zero attached hydrogens (tertiary/aromatic N) is 2. The molecule has 0 atom stereocenters. The summed E-state index contributed by atoms with van der Waals surface area (Å²) < 4.78 is 11.3. The molecule has 3 rings (SSSR count). The molecule has 0 spiro atoms. The fourth-order valence-corrected chi connectivity index (χ4v) is 2.41. The van der Waals surface area contributed by atoms with Gasteiger partial charge < -0.3 is 9.47 Å². The number of ether oxygens (including phenoxy) is 2. The topological polar surface area (TPSA) is 91.6 Å². The minimum atomic E-state index is -0.597. The van der Waals surface area contributed by atoms with E-state index in [9.17, 15) is 14.9 Å². The van der Waals surface area contributed by atoms with Gasteiger partial charge in [-0.3, -0.25) is 14.9 Å². The van der Waals surface area contributed by atoms with Crippen molar-refractivity contribution >= 4 is 17.4 Å². The van der Waals surface area contributed by atoms with Gasteiger partial charge >= 0.3 is 5.97 Å². The summed E-state index contributed by atoms with van der Waals surface area (Å²) in [5, 5.41) is 10.7. The zero-order chi connectivity index (χ0) is 18.9. The Bertz CT molecular complexity index is 895. The van der Waals surface area contributed by atoms with E-state index in [1.165, 1.54) is 12.1 Å². The molecule has 2 aromatic rings. The van der Waals surface area contributed by atoms with E-state index in [-0.39, 0.29) is 17.5 Å². The molecule has 7 nitrogen and oxygen atoms in total. The Hall–Kier alpha value is -3.22. The maximum absolute atomic E-state index is 12.1. The largest absolute Gasteiger partial charge is 0.439 e. The number of allylic oxidation sites excluding steroid dienone is 1. The number of carbonyl (C=O) groups excluding carboxylic acids is 1. The van der Waals surface area contributed by atoms with Gasteiger partial charge in [-0.25, -0.2) is 4.98 Å². The molecule has 134 valence electrons. The molecule has 0 aliphatic heterocycles. The highest BCUT2D eigenvalue weighted by atomic mass is 16.6. The second-order valence-electron chi connectivity index (χ2n) is 6.91. The molecule has 1 aliphatic carbocycles. The lowest BCUT2D eigenvalue weighted by Crippen LogP contribution is -2.22. The van der Waals surface area contributed by atoms with Gasteiger partial charge in [0.15, 0.2) is 0 Å². The normalized spacial score (nSPS) is 13.0. The predicted molar refractivity (Wildman–Crippen MR) is 94.6 cm³/mol. The van der Waals surface area contributed by atoms with Crippen LogP contribution in [0.2, 0.25) is 0 Å². The Balaban J connectivity index is 1.81. The van der Waals surface area contributed by atoms with Gasteiger partial charge in [0.25, 0.3) is 5.69 Å². The third-order valence-corrected chi connectivity index (χ3v) is 3.85. The molecular formula is C19H18N2O5. The third kappa shape index (κ3) is 3.56.